The van der Waals surface area contributed by atoms with Gasteiger partial charge in [0.05, 0.1) is 0 Å². The minimum atomic E-state index is -0.888. The molecule has 0 radical (unpaired) electrons. The lowest BCUT2D eigenvalue weighted by molar-refractivity contribution is -0.132. The van der Waals surface area contributed by atoms with Gasteiger partial charge in [-0.05, 0) is 40.7 Å². The monoisotopic (exact) mass is 298 g/mol. The van der Waals surface area contributed by atoms with E-state index in [1.54, 1.807) is 13.0 Å². The fourth-order valence-electron chi connectivity index (χ4n) is 1.64. The molecule has 0 fully saturated rings. The molecule has 0 aromatic carbocycles. The summed E-state index contributed by atoms with van der Waals surface area (Å²) in [5.74, 6) is -0.888. The standard InChI is InChI=1S/C20H26O2/c1-6-7-8-11-16(2)12-9-10-13-17(3)14-18(4)15-19(5)20(21)22/h6-15H,1-5H3,(H,21,22)/b7-6?,10-9+,11-8+,16-12+,17-13+,18-14+,19-15+. The second-order valence-corrected chi connectivity index (χ2v) is 5.11. The maximum atomic E-state index is 10.8. The van der Waals surface area contributed by atoms with Gasteiger partial charge < -0.3 is 5.11 Å². The lowest BCUT2D eigenvalue weighted by atomic mass is 10.1. The van der Waals surface area contributed by atoms with Crippen molar-refractivity contribution in [2.45, 2.75) is 34.6 Å². The lowest BCUT2D eigenvalue weighted by Gasteiger charge is -1.96. The predicted molar refractivity (Wildman–Crippen MR) is 95.8 cm³/mol. The molecular formula is C20H26O2. The molecule has 0 aliphatic heterocycles. The first kappa shape index (κ1) is 19.7. The maximum absolute atomic E-state index is 10.8. The van der Waals surface area contributed by atoms with Crippen molar-refractivity contribution in [1.82, 2.24) is 0 Å². The third-order valence-corrected chi connectivity index (χ3v) is 2.73. The van der Waals surface area contributed by atoms with Crippen molar-refractivity contribution in [3.05, 3.63) is 83.1 Å². The van der Waals surface area contributed by atoms with Crippen LogP contribution in [0.25, 0.3) is 0 Å². The summed E-state index contributed by atoms with van der Waals surface area (Å²) in [7, 11) is 0. The summed E-state index contributed by atoms with van der Waals surface area (Å²) in [4.78, 5) is 10.8. The third kappa shape index (κ3) is 10.4. The van der Waals surface area contributed by atoms with E-state index in [2.05, 4.69) is 0 Å². The Hall–Kier alpha value is -2.35. The highest BCUT2D eigenvalue weighted by Gasteiger charge is 1.98. The number of aliphatic carboxylic acids is 1. The summed E-state index contributed by atoms with van der Waals surface area (Å²) in [5.41, 5.74) is 3.50. The molecule has 118 valence electrons. The minimum Gasteiger partial charge on any atom is -0.478 e. The molecule has 0 heterocycles. The van der Waals surface area contributed by atoms with E-state index in [1.165, 1.54) is 5.57 Å². The zero-order chi connectivity index (χ0) is 17.0. The predicted octanol–water partition coefficient (Wildman–Crippen LogP) is 5.54. The van der Waals surface area contributed by atoms with Crippen LogP contribution in [0.3, 0.4) is 0 Å². The molecule has 0 aliphatic carbocycles. The van der Waals surface area contributed by atoms with Crippen molar-refractivity contribution in [3.8, 4) is 0 Å². The second kappa shape index (κ2) is 11.3. The van der Waals surface area contributed by atoms with E-state index < -0.39 is 5.97 Å². The molecule has 22 heavy (non-hydrogen) atoms. The molecular weight excluding hydrogens is 272 g/mol. The van der Waals surface area contributed by atoms with Crippen molar-refractivity contribution in [2.24, 2.45) is 0 Å². The van der Waals surface area contributed by atoms with Crippen LogP contribution >= 0.6 is 0 Å². The molecule has 0 saturated carbocycles. The molecule has 0 aromatic rings. The van der Waals surface area contributed by atoms with E-state index in [0.29, 0.717) is 5.57 Å². The first-order valence-electron chi connectivity index (χ1n) is 7.28. The summed E-state index contributed by atoms with van der Waals surface area (Å²) >= 11 is 0. The van der Waals surface area contributed by atoms with Gasteiger partial charge >= 0.3 is 5.97 Å². The average Bonchev–Trinajstić information content (AvgIpc) is 2.43. The van der Waals surface area contributed by atoms with Gasteiger partial charge in [0.1, 0.15) is 0 Å². The average molecular weight is 298 g/mol. The Bertz CT molecular complexity index is 577. The molecule has 0 bridgehead atoms. The van der Waals surface area contributed by atoms with Gasteiger partial charge in [-0.2, -0.15) is 0 Å². The van der Waals surface area contributed by atoms with E-state index >= 15 is 0 Å². The molecule has 0 rings (SSSR count). The molecule has 0 aromatic heterocycles. The summed E-state index contributed by atoms with van der Waals surface area (Å²) in [6.45, 7) is 9.50. The van der Waals surface area contributed by atoms with E-state index in [0.717, 1.165) is 11.1 Å². The number of hydrogen-bond donors (Lipinski definition) is 1. The van der Waals surface area contributed by atoms with Crippen molar-refractivity contribution in [3.63, 3.8) is 0 Å². The van der Waals surface area contributed by atoms with Crippen LogP contribution in [-0.4, -0.2) is 11.1 Å². The van der Waals surface area contributed by atoms with E-state index in [9.17, 15) is 4.79 Å². The molecule has 2 nitrogen and oxygen atoms in total. The summed E-state index contributed by atoms with van der Waals surface area (Å²) in [6.07, 6.45) is 19.6. The smallest absolute Gasteiger partial charge is 0.331 e. The van der Waals surface area contributed by atoms with Crippen LogP contribution in [-0.2, 0) is 4.79 Å². The minimum absolute atomic E-state index is 0.337. The quantitative estimate of drug-likeness (QED) is 0.494. The van der Waals surface area contributed by atoms with Crippen LogP contribution in [0.15, 0.2) is 83.1 Å². The molecule has 1 N–H and O–H groups in total. The Morgan fingerprint density at radius 3 is 1.91 bits per heavy atom. The summed E-state index contributed by atoms with van der Waals surface area (Å²) in [6, 6.07) is 0. The Morgan fingerprint density at radius 2 is 1.36 bits per heavy atom. The Morgan fingerprint density at radius 1 is 0.773 bits per heavy atom. The molecule has 0 atom stereocenters. The Balaban J connectivity index is 4.74. The van der Waals surface area contributed by atoms with Crippen molar-refractivity contribution < 1.29 is 9.90 Å². The van der Waals surface area contributed by atoms with Gasteiger partial charge in [0.25, 0.3) is 0 Å². The lowest BCUT2D eigenvalue weighted by Crippen LogP contribution is -1.95. The molecule has 0 aliphatic rings. The highest BCUT2D eigenvalue weighted by molar-refractivity contribution is 5.86. The fourth-order valence-corrected chi connectivity index (χ4v) is 1.64. The molecule has 0 spiro atoms. The number of allylic oxidation sites excluding steroid dienone is 13. The van der Waals surface area contributed by atoms with Crippen LogP contribution in [0.4, 0.5) is 0 Å². The molecule has 0 unspecified atom stereocenters. The zero-order valence-corrected chi connectivity index (χ0v) is 14.1. The van der Waals surface area contributed by atoms with Gasteiger partial charge in [-0.3, -0.25) is 0 Å². The van der Waals surface area contributed by atoms with E-state index in [-0.39, 0.29) is 0 Å². The molecule has 2 heteroatoms. The van der Waals surface area contributed by atoms with E-state index in [1.807, 2.05) is 82.4 Å². The maximum Gasteiger partial charge on any atom is 0.331 e. The number of rotatable bonds is 7. The third-order valence-electron chi connectivity index (χ3n) is 2.73. The highest BCUT2D eigenvalue weighted by Crippen LogP contribution is 2.07. The van der Waals surface area contributed by atoms with Crippen LogP contribution in [0, 0.1) is 0 Å². The van der Waals surface area contributed by atoms with Crippen LogP contribution in [0.1, 0.15) is 34.6 Å². The number of carboxylic acids is 1. The molecule has 0 saturated heterocycles. The second-order valence-electron chi connectivity index (χ2n) is 5.11. The van der Waals surface area contributed by atoms with Gasteiger partial charge in [-0.15, -0.1) is 0 Å². The van der Waals surface area contributed by atoms with Crippen LogP contribution in [0.2, 0.25) is 0 Å². The largest absolute Gasteiger partial charge is 0.478 e. The zero-order valence-electron chi connectivity index (χ0n) is 14.1. The number of hydrogen-bond acceptors (Lipinski definition) is 1. The Labute approximate surface area is 134 Å². The number of carbonyl (C=O) groups is 1. The topological polar surface area (TPSA) is 37.3 Å². The summed E-state index contributed by atoms with van der Waals surface area (Å²) in [5, 5.41) is 8.83. The van der Waals surface area contributed by atoms with Gasteiger partial charge in [0, 0.05) is 5.57 Å². The van der Waals surface area contributed by atoms with Crippen LogP contribution in [0.5, 0.6) is 0 Å². The SMILES string of the molecule is CC=C/C=C/C(C)=C/C=C/C=C(C)/C=C(C)/C=C(\C)C(=O)O. The van der Waals surface area contributed by atoms with Crippen LogP contribution < -0.4 is 0 Å². The van der Waals surface area contributed by atoms with Gasteiger partial charge in [-0.1, -0.05) is 71.4 Å². The first-order valence-corrected chi connectivity index (χ1v) is 7.28. The molecule has 0 amide bonds. The fraction of sp³-hybridized carbons (Fsp3) is 0.250. The van der Waals surface area contributed by atoms with Crippen molar-refractivity contribution >= 4 is 5.97 Å². The van der Waals surface area contributed by atoms with E-state index in [4.69, 9.17) is 5.11 Å². The number of carboxylic acid groups (broad SMARTS) is 1. The van der Waals surface area contributed by atoms with Gasteiger partial charge in [0.2, 0.25) is 0 Å². The Kier molecular flexibility index (Phi) is 10.1. The van der Waals surface area contributed by atoms with Crippen molar-refractivity contribution in [2.75, 3.05) is 0 Å². The highest BCUT2D eigenvalue weighted by atomic mass is 16.4. The van der Waals surface area contributed by atoms with Gasteiger partial charge in [0.15, 0.2) is 0 Å². The summed E-state index contributed by atoms with van der Waals surface area (Å²) < 4.78 is 0. The first-order chi connectivity index (χ1) is 10.4. The normalized spacial score (nSPS) is 15.5. The van der Waals surface area contributed by atoms with Gasteiger partial charge in [-0.25, -0.2) is 4.79 Å². The van der Waals surface area contributed by atoms with Crippen molar-refractivity contribution in [1.29, 1.82) is 0 Å².